The Bertz CT molecular complexity index is 1140. The third kappa shape index (κ3) is 9.02. The fourth-order valence-corrected chi connectivity index (χ4v) is 4.86. The van der Waals surface area contributed by atoms with E-state index in [2.05, 4.69) is 5.32 Å². The molecule has 3 N–H and O–H groups in total. The Balaban J connectivity index is 2.61. The van der Waals surface area contributed by atoms with Crippen molar-refractivity contribution in [1.29, 1.82) is 5.26 Å². The molecule has 14 heteroatoms. The summed E-state index contributed by atoms with van der Waals surface area (Å²) >= 11 is 5.92. The molecule has 12 nitrogen and oxygen atoms in total. The number of ether oxygens (including phenoxy) is 5. The van der Waals surface area contributed by atoms with Crippen molar-refractivity contribution in [3.8, 4) is 6.07 Å². The minimum absolute atomic E-state index is 0.0956. The van der Waals surface area contributed by atoms with E-state index in [4.69, 9.17) is 41.6 Å². The van der Waals surface area contributed by atoms with Crippen molar-refractivity contribution in [3.05, 3.63) is 40.9 Å². The average Bonchev–Trinajstić information content (AvgIpc) is 2.81. The number of nitrogens with zero attached hydrogens (tertiary/aromatic N) is 1. The molecule has 1 fully saturated rings. The maximum atomic E-state index is 12.1. The lowest BCUT2D eigenvalue weighted by molar-refractivity contribution is -0.237. The van der Waals surface area contributed by atoms with Crippen molar-refractivity contribution in [2.45, 2.75) is 57.5 Å². The largest absolute Gasteiger partial charge is 0.463 e. The lowest BCUT2D eigenvalue weighted by Crippen LogP contribution is -2.61. The van der Waals surface area contributed by atoms with Gasteiger partial charge in [-0.2, -0.15) is 5.26 Å². The number of thioether (sulfide) groups is 1. The van der Waals surface area contributed by atoms with Crippen LogP contribution < -0.4 is 11.1 Å². The number of nitrogens with two attached hydrogens (primary N) is 1. The van der Waals surface area contributed by atoms with Gasteiger partial charge in [-0.15, -0.1) is 0 Å². The Labute approximate surface area is 228 Å². The van der Waals surface area contributed by atoms with Crippen LogP contribution in [0.2, 0.25) is 0 Å². The molecule has 0 amide bonds. The van der Waals surface area contributed by atoms with E-state index < -0.39 is 53.7 Å². The maximum absolute atomic E-state index is 12.1. The Morgan fingerprint density at radius 2 is 1.53 bits per heavy atom. The molecule has 5 atom stereocenters. The molecule has 0 radical (unpaired) electrons. The number of thiocarbonyl (C=S) groups is 1. The van der Waals surface area contributed by atoms with E-state index in [0.717, 1.165) is 32.5 Å². The predicted molar refractivity (Wildman–Crippen MR) is 139 cm³/mol. The monoisotopic (exact) mass is 565 g/mol. The second-order valence-corrected chi connectivity index (χ2v) is 9.41. The van der Waals surface area contributed by atoms with Crippen LogP contribution in [0, 0.1) is 11.3 Å². The molecule has 1 aromatic rings. The SMILES string of the molecule is CC(=O)OC[C@H]1O[C@H](S/C(Nc2ccccc2)=C(\C#N)C(N)=S)[C@H](OC(C)=O)[C@@H](OC(C)=O)[C@H]1OC(C)=O. The first-order valence-corrected chi connectivity index (χ1v) is 12.4. The number of benzene rings is 1. The Kier molecular flexibility index (Phi) is 11.5. The van der Waals surface area contributed by atoms with Crippen molar-refractivity contribution in [2.75, 3.05) is 11.9 Å². The highest BCUT2D eigenvalue weighted by Gasteiger charge is 2.52. The van der Waals surface area contributed by atoms with Gasteiger partial charge in [-0.05, 0) is 12.1 Å². The summed E-state index contributed by atoms with van der Waals surface area (Å²) in [6.45, 7) is 4.17. The smallest absolute Gasteiger partial charge is 0.303 e. The zero-order valence-electron chi connectivity index (χ0n) is 21.0. The number of nitriles is 1. The summed E-state index contributed by atoms with van der Waals surface area (Å²) in [6.07, 6.45) is -5.15. The molecule has 1 aromatic carbocycles. The van der Waals surface area contributed by atoms with Crippen LogP contribution in [-0.4, -0.2) is 65.3 Å². The molecule has 0 aromatic heterocycles. The van der Waals surface area contributed by atoms with Crippen molar-refractivity contribution in [3.63, 3.8) is 0 Å². The van der Waals surface area contributed by atoms with Gasteiger partial charge in [0.15, 0.2) is 23.7 Å². The molecule has 0 aliphatic carbocycles. The van der Waals surface area contributed by atoms with Gasteiger partial charge in [0.25, 0.3) is 0 Å². The molecule has 1 saturated heterocycles. The molecule has 2 rings (SSSR count). The number of carbonyl (C=O) groups excluding carboxylic acids is 4. The molecular formula is C24H27N3O9S2. The van der Waals surface area contributed by atoms with Gasteiger partial charge < -0.3 is 34.7 Å². The first-order valence-electron chi connectivity index (χ1n) is 11.2. The van der Waals surface area contributed by atoms with Crippen LogP contribution in [0.5, 0.6) is 0 Å². The van der Waals surface area contributed by atoms with Crippen LogP contribution in [0.15, 0.2) is 40.9 Å². The summed E-state index contributed by atoms with van der Waals surface area (Å²) in [5.74, 6) is -2.90. The van der Waals surface area contributed by atoms with Gasteiger partial charge in [-0.3, -0.25) is 19.2 Å². The normalized spacial score (nSPS) is 23.1. The summed E-state index contributed by atoms with van der Waals surface area (Å²) in [6, 6.07) is 10.7. The van der Waals surface area contributed by atoms with Gasteiger partial charge in [0, 0.05) is 33.4 Å². The average molecular weight is 566 g/mol. The molecule has 0 saturated carbocycles. The van der Waals surface area contributed by atoms with E-state index in [1.165, 1.54) is 6.92 Å². The van der Waals surface area contributed by atoms with E-state index in [9.17, 15) is 24.4 Å². The molecule has 38 heavy (non-hydrogen) atoms. The second kappa shape index (κ2) is 14.3. The predicted octanol–water partition coefficient (Wildman–Crippen LogP) is 1.94. The topological polar surface area (TPSA) is 176 Å². The molecule has 1 heterocycles. The molecule has 0 bridgehead atoms. The molecule has 204 valence electrons. The van der Waals surface area contributed by atoms with Crippen LogP contribution >= 0.6 is 24.0 Å². The number of para-hydroxylation sites is 1. The number of rotatable bonds is 10. The number of hydrogen-bond acceptors (Lipinski definition) is 13. The number of esters is 4. The fourth-order valence-electron chi connectivity index (χ4n) is 3.42. The van der Waals surface area contributed by atoms with E-state index >= 15 is 0 Å². The van der Waals surface area contributed by atoms with Crippen LogP contribution in [0.1, 0.15) is 27.7 Å². The minimum atomic E-state index is -1.36. The number of carbonyl (C=O) groups is 4. The first-order chi connectivity index (χ1) is 17.9. The zero-order valence-corrected chi connectivity index (χ0v) is 22.6. The van der Waals surface area contributed by atoms with Gasteiger partial charge >= 0.3 is 23.9 Å². The fraction of sp³-hybridized carbons (Fsp3) is 0.417. The van der Waals surface area contributed by atoms with Gasteiger partial charge in [-0.25, -0.2) is 0 Å². The van der Waals surface area contributed by atoms with Gasteiger partial charge in [-0.1, -0.05) is 42.2 Å². The van der Waals surface area contributed by atoms with Crippen LogP contribution in [0.4, 0.5) is 5.69 Å². The zero-order chi connectivity index (χ0) is 28.4. The van der Waals surface area contributed by atoms with E-state index in [1.54, 1.807) is 30.3 Å². The summed E-state index contributed by atoms with van der Waals surface area (Å²) in [7, 11) is 0. The summed E-state index contributed by atoms with van der Waals surface area (Å²) in [5, 5.41) is 13.0. The van der Waals surface area contributed by atoms with Gasteiger partial charge in [0.2, 0.25) is 0 Å². The van der Waals surface area contributed by atoms with E-state index in [1.807, 2.05) is 6.07 Å². The Morgan fingerprint density at radius 1 is 0.974 bits per heavy atom. The van der Waals surface area contributed by atoms with Crippen molar-refractivity contribution >= 4 is 58.5 Å². The highest BCUT2D eigenvalue weighted by Crippen LogP contribution is 2.38. The number of nitrogens with one attached hydrogen (secondary N) is 1. The minimum Gasteiger partial charge on any atom is -0.463 e. The molecule has 1 aliphatic rings. The van der Waals surface area contributed by atoms with E-state index in [0.29, 0.717) is 5.69 Å². The highest BCUT2D eigenvalue weighted by molar-refractivity contribution is 8.03. The number of hydrogen-bond donors (Lipinski definition) is 2. The van der Waals surface area contributed by atoms with Crippen LogP contribution in [0.25, 0.3) is 0 Å². The molecular weight excluding hydrogens is 538 g/mol. The summed E-state index contributed by atoms with van der Waals surface area (Å²) in [5.41, 5.74) is 5.08. The maximum Gasteiger partial charge on any atom is 0.303 e. The standard InChI is InChI=1S/C24H27N3O9S2/c1-12(28)32-11-18-19(33-13(2)29)20(34-14(3)30)21(35-15(4)31)24(36-18)38-23(17(10-25)22(26)37)27-16-8-6-5-7-9-16/h5-9,18-21,24,27H,11H2,1-4H3,(H2,26,37)/b23-17+/t18-,19+,20+,21-,24-/m1/s1. The lowest BCUT2D eigenvalue weighted by atomic mass is 9.99. The summed E-state index contributed by atoms with van der Waals surface area (Å²) < 4.78 is 27.4. The van der Waals surface area contributed by atoms with Crippen LogP contribution in [0.3, 0.4) is 0 Å². The van der Waals surface area contributed by atoms with Crippen molar-refractivity contribution in [1.82, 2.24) is 0 Å². The van der Waals surface area contributed by atoms with Crippen molar-refractivity contribution < 1.29 is 42.9 Å². The summed E-state index contributed by atoms with van der Waals surface area (Å²) in [4.78, 5) is 47.3. The number of anilines is 1. The van der Waals surface area contributed by atoms with Gasteiger partial charge in [0.05, 0.1) is 5.03 Å². The molecule has 1 aliphatic heterocycles. The molecule has 0 spiro atoms. The third-order valence-electron chi connectivity index (χ3n) is 4.80. The Hall–Kier alpha value is -3.67. The van der Waals surface area contributed by atoms with Crippen LogP contribution in [-0.2, 0) is 42.9 Å². The Morgan fingerprint density at radius 3 is 2.03 bits per heavy atom. The quantitative estimate of drug-likeness (QED) is 0.138. The van der Waals surface area contributed by atoms with Gasteiger partial charge in [0.1, 0.15) is 29.3 Å². The lowest BCUT2D eigenvalue weighted by Gasteiger charge is -2.44. The second-order valence-electron chi connectivity index (χ2n) is 7.86. The molecule has 0 unspecified atom stereocenters. The first kappa shape index (κ1) is 30.6. The van der Waals surface area contributed by atoms with E-state index in [-0.39, 0.29) is 22.2 Å². The highest BCUT2D eigenvalue weighted by atomic mass is 32.2. The van der Waals surface area contributed by atoms with Crippen molar-refractivity contribution in [2.24, 2.45) is 5.73 Å². The third-order valence-corrected chi connectivity index (χ3v) is 6.16.